The number of hydrogen-bond donors (Lipinski definition) is 1. The Labute approximate surface area is 146 Å². The number of carbonyl (C=O) groups is 1. The van der Waals surface area contributed by atoms with Crippen LogP contribution in [0, 0.1) is 6.92 Å². The highest BCUT2D eigenvalue weighted by Crippen LogP contribution is 2.27. The zero-order valence-electron chi connectivity index (χ0n) is 14.5. The molecule has 7 nitrogen and oxygen atoms in total. The van der Waals surface area contributed by atoms with E-state index in [0.717, 1.165) is 37.3 Å². The Morgan fingerprint density at radius 1 is 1.28 bits per heavy atom. The summed E-state index contributed by atoms with van der Waals surface area (Å²) in [5.41, 5.74) is 2.40. The third-order valence-corrected chi connectivity index (χ3v) is 4.30. The van der Waals surface area contributed by atoms with Crippen LogP contribution in [0.5, 0.6) is 0 Å². The van der Waals surface area contributed by atoms with Crippen LogP contribution in [0.4, 0.5) is 0 Å². The molecule has 0 atom stereocenters. The summed E-state index contributed by atoms with van der Waals surface area (Å²) in [4.78, 5) is 13.9. The van der Waals surface area contributed by atoms with Crippen molar-refractivity contribution >= 4 is 12.2 Å². The second-order valence-corrected chi connectivity index (χ2v) is 6.10. The van der Waals surface area contributed by atoms with E-state index in [1.54, 1.807) is 6.21 Å². The summed E-state index contributed by atoms with van der Waals surface area (Å²) in [6.07, 6.45) is 1.78. The van der Waals surface area contributed by atoms with Crippen molar-refractivity contribution in [2.24, 2.45) is 5.10 Å². The molecule has 0 radical (unpaired) electrons. The fourth-order valence-electron chi connectivity index (χ4n) is 2.94. The molecule has 2 heterocycles. The third-order valence-electron chi connectivity index (χ3n) is 4.30. The van der Waals surface area contributed by atoms with E-state index in [9.17, 15) is 9.90 Å². The SMILES string of the molecule is C/C=N\N1CCN(Cc2onc(-c3ccc(C)cc3)c2C(=O)O)CC1. The Morgan fingerprint density at radius 3 is 2.56 bits per heavy atom. The van der Waals surface area contributed by atoms with Gasteiger partial charge in [-0.1, -0.05) is 35.0 Å². The minimum absolute atomic E-state index is 0.151. The van der Waals surface area contributed by atoms with Crippen LogP contribution in [0.1, 0.15) is 28.6 Å². The fraction of sp³-hybridized carbons (Fsp3) is 0.389. The maximum Gasteiger partial charge on any atom is 0.341 e. The average molecular weight is 342 g/mol. The van der Waals surface area contributed by atoms with Gasteiger partial charge in [-0.05, 0) is 13.8 Å². The molecule has 1 N–H and O–H groups in total. The standard InChI is InChI=1S/C18H22N4O3/c1-3-19-22-10-8-21(9-11-22)12-15-16(18(23)24)17(20-25-15)14-6-4-13(2)5-7-14/h3-7H,8-12H2,1-2H3,(H,23,24)/b19-3-. The summed E-state index contributed by atoms with van der Waals surface area (Å²) in [6.45, 7) is 7.54. The maximum atomic E-state index is 11.8. The van der Waals surface area contributed by atoms with Crippen molar-refractivity contribution in [1.29, 1.82) is 0 Å². The molecule has 0 unspecified atom stereocenters. The third kappa shape index (κ3) is 3.88. The molecule has 7 heteroatoms. The molecule has 1 aromatic carbocycles. The first-order valence-electron chi connectivity index (χ1n) is 8.33. The van der Waals surface area contributed by atoms with Gasteiger partial charge in [0.2, 0.25) is 0 Å². The van der Waals surface area contributed by atoms with Crippen LogP contribution in [-0.4, -0.2) is 58.5 Å². The van der Waals surface area contributed by atoms with Gasteiger partial charge in [-0.25, -0.2) is 4.79 Å². The second-order valence-electron chi connectivity index (χ2n) is 6.10. The fourth-order valence-corrected chi connectivity index (χ4v) is 2.94. The summed E-state index contributed by atoms with van der Waals surface area (Å²) in [6, 6.07) is 7.60. The number of aromatic nitrogens is 1. The summed E-state index contributed by atoms with van der Waals surface area (Å²) >= 11 is 0. The molecular formula is C18H22N4O3. The quantitative estimate of drug-likeness (QED) is 0.841. The Morgan fingerprint density at radius 2 is 1.96 bits per heavy atom. The topological polar surface area (TPSA) is 82.2 Å². The van der Waals surface area contributed by atoms with Crippen LogP contribution in [0.15, 0.2) is 33.9 Å². The lowest BCUT2D eigenvalue weighted by molar-refractivity contribution is 0.0690. The highest BCUT2D eigenvalue weighted by molar-refractivity contribution is 5.95. The Bertz CT molecular complexity index is 759. The number of hydrazone groups is 1. The first-order valence-corrected chi connectivity index (χ1v) is 8.33. The Hall–Kier alpha value is -2.67. The van der Waals surface area contributed by atoms with Gasteiger partial charge >= 0.3 is 5.97 Å². The largest absolute Gasteiger partial charge is 0.477 e. The second kappa shape index (κ2) is 7.48. The smallest absolute Gasteiger partial charge is 0.341 e. The lowest BCUT2D eigenvalue weighted by Crippen LogP contribution is -2.43. The monoisotopic (exact) mass is 342 g/mol. The molecular weight excluding hydrogens is 320 g/mol. The van der Waals surface area contributed by atoms with Crippen LogP contribution in [0.25, 0.3) is 11.3 Å². The Kier molecular flexibility index (Phi) is 5.14. The van der Waals surface area contributed by atoms with Gasteiger partial charge < -0.3 is 9.63 Å². The van der Waals surface area contributed by atoms with Gasteiger partial charge in [-0.3, -0.25) is 9.91 Å². The molecule has 25 heavy (non-hydrogen) atoms. The summed E-state index contributed by atoms with van der Waals surface area (Å²) < 4.78 is 5.40. The van der Waals surface area contributed by atoms with E-state index >= 15 is 0 Å². The van der Waals surface area contributed by atoms with Crippen molar-refractivity contribution in [3.63, 3.8) is 0 Å². The average Bonchev–Trinajstić information content (AvgIpc) is 3.01. The number of benzene rings is 1. The number of hydrogen-bond acceptors (Lipinski definition) is 6. The molecule has 0 bridgehead atoms. The van der Waals surface area contributed by atoms with Gasteiger partial charge in [-0.2, -0.15) is 5.10 Å². The molecule has 1 saturated heterocycles. The van der Waals surface area contributed by atoms with Gasteiger partial charge in [-0.15, -0.1) is 0 Å². The normalized spacial score (nSPS) is 15.8. The molecule has 1 aromatic heterocycles. The van der Waals surface area contributed by atoms with Crippen molar-refractivity contribution in [2.75, 3.05) is 26.2 Å². The van der Waals surface area contributed by atoms with Crippen molar-refractivity contribution in [3.8, 4) is 11.3 Å². The number of rotatable bonds is 5. The number of nitrogens with zero attached hydrogens (tertiary/aromatic N) is 4. The highest BCUT2D eigenvalue weighted by atomic mass is 16.5. The Balaban J connectivity index is 1.78. The van der Waals surface area contributed by atoms with Crippen LogP contribution in [0.2, 0.25) is 0 Å². The molecule has 0 amide bonds. The van der Waals surface area contributed by atoms with Crippen molar-refractivity contribution in [3.05, 3.63) is 41.2 Å². The molecule has 0 saturated carbocycles. The van der Waals surface area contributed by atoms with Crippen LogP contribution >= 0.6 is 0 Å². The molecule has 1 fully saturated rings. The minimum Gasteiger partial charge on any atom is -0.477 e. The first kappa shape index (κ1) is 17.2. The molecule has 132 valence electrons. The van der Waals surface area contributed by atoms with Crippen LogP contribution < -0.4 is 0 Å². The number of aromatic carboxylic acids is 1. The van der Waals surface area contributed by atoms with E-state index < -0.39 is 5.97 Å². The predicted octanol–water partition coefficient (Wildman–Crippen LogP) is 2.47. The molecule has 0 aliphatic carbocycles. The summed E-state index contributed by atoms with van der Waals surface area (Å²) in [7, 11) is 0. The minimum atomic E-state index is -1.01. The van der Waals surface area contributed by atoms with Gasteiger partial charge in [0.15, 0.2) is 5.76 Å². The van der Waals surface area contributed by atoms with Crippen molar-refractivity contribution in [2.45, 2.75) is 20.4 Å². The van der Waals surface area contributed by atoms with Gasteiger partial charge in [0.25, 0.3) is 0 Å². The molecule has 0 spiro atoms. The van der Waals surface area contributed by atoms with Crippen molar-refractivity contribution in [1.82, 2.24) is 15.1 Å². The predicted molar refractivity (Wildman–Crippen MR) is 94.7 cm³/mol. The van der Waals surface area contributed by atoms with Crippen LogP contribution in [0.3, 0.4) is 0 Å². The molecule has 1 aliphatic heterocycles. The first-order chi connectivity index (χ1) is 12.1. The lowest BCUT2D eigenvalue weighted by atomic mass is 10.0. The number of piperazine rings is 1. The molecule has 1 aliphatic rings. The number of aryl methyl sites for hydroxylation is 1. The van der Waals surface area contributed by atoms with E-state index in [1.807, 2.05) is 43.1 Å². The van der Waals surface area contributed by atoms with Crippen molar-refractivity contribution < 1.29 is 14.4 Å². The van der Waals surface area contributed by atoms with Gasteiger partial charge in [0.1, 0.15) is 11.3 Å². The van der Waals surface area contributed by atoms with Gasteiger partial charge in [0.05, 0.1) is 6.54 Å². The lowest BCUT2D eigenvalue weighted by Gasteiger charge is -2.32. The molecule has 3 rings (SSSR count). The maximum absolute atomic E-state index is 11.8. The number of carboxylic acids is 1. The van der Waals surface area contributed by atoms with E-state index in [1.165, 1.54) is 0 Å². The summed E-state index contributed by atoms with van der Waals surface area (Å²) in [5, 5.41) is 20.0. The van der Waals surface area contributed by atoms with E-state index in [4.69, 9.17) is 4.52 Å². The zero-order valence-corrected chi connectivity index (χ0v) is 14.5. The zero-order chi connectivity index (χ0) is 17.8. The number of carboxylic acid groups (broad SMARTS) is 1. The van der Waals surface area contributed by atoms with E-state index in [0.29, 0.717) is 18.0 Å². The van der Waals surface area contributed by atoms with Crippen LogP contribution in [-0.2, 0) is 6.54 Å². The van der Waals surface area contributed by atoms with E-state index in [-0.39, 0.29) is 5.56 Å². The van der Waals surface area contributed by atoms with E-state index in [2.05, 4.69) is 15.2 Å². The van der Waals surface area contributed by atoms with Gasteiger partial charge in [0, 0.05) is 38.0 Å². The molecule has 2 aromatic rings. The highest BCUT2D eigenvalue weighted by Gasteiger charge is 2.26. The summed E-state index contributed by atoms with van der Waals surface area (Å²) in [5.74, 6) is -0.614.